The Balaban J connectivity index is 1.32. The molecule has 6 nitrogen and oxygen atoms in total. The van der Waals surface area contributed by atoms with Crippen molar-refractivity contribution in [1.82, 2.24) is 24.6 Å². The van der Waals surface area contributed by atoms with Crippen LogP contribution < -0.4 is 4.90 Å². The Morgan fingerprint density at radius 2 is 1.79 bits per heavy atom. The van der Waals surface area contributed by atoms with Gasteiger partial charge in [0.15, 0.2) is 5.65 Å². The van der Waals surface area contributed by atoms with Crippen LogP contribution in [0.25, 0.3) is 11.0 Å². The topological polar surface area (TPSA) is 50.1 Å². The number of benzene rings is 1. The quantitative estimate of drug-likeness (QED) is 0.684. The molecule has 4 heterocycles. The van der Waals surface area contributed by atoms with Crippen LogP contribution in [0.1, 0.15) is 37.2 Å². The first-order valence-electron chi connectivity index (χ1n) is 10.6. The maximum Gasteiger partial charge on any atom is 0.163 e. The van der Waals surface area contributed by atoms with Gasteiger partial charge in [-0.1, -0.05) is 36.8 Å². The van der Waals surface area contributed by atoms with Crippen LogP contribution in [0.5, 0.6) is 0 Å². The number of aromatic nitrogens is 4. The first-order chi connectivity index (χ1) is 13.9. The lowest BCUT2D eigenvalue weighted by Crippen LogP contribution is -2.32. The number of piperidine rings is 1. The van der Waals surface area contributed by atoms with Crippen LogP contribution in [0.2, 0.25) is 0 Å². The Labute approximate surface area is 166 Å². The second-order valence-electron chi connectivity index (χ2n) is 8.05. The van der Waals surface area contributed by atoms with Gasteiger partial charge in [0.1, 0.15) is 12.1 Å². The van der Waals surface area contributed by atoms with Gasteiger partial charge in [-0.05, 0) is 37.9 Å². The second kappa shape index (κ2) is 7.87. The lowest BCUT2D eigenvalue weighted by Gasteiger charge is -2.26. The summed E-state index contributed by atoms with van der Waals surface area (Å²) < 4.78 is 2.06. The van der Waals surface area contributed by atoms with Gasteiger partial charge in [-0.15, -0.1) is 0 Å². The predicted octanol–water partition coefficient (Wildman–Crippen LogP) is 3.31. The van der Waals surface area contributed by atoms with Crippen LogP contribution in [0.3, 0.4) is 0 Å². The molecular formula is C22H28N6. The van der Waals surface area contributed by atoms with Crippen molar-refractivity contribution in [3.05, 3.63) is 48.4 Å². The molecule has 0 saturated carbocycles. The molecule has 5 rings (SSSR count). The highest BCUT2D eigenvalue weighted by molar-refractivity contribution is 5.86. The highest BCUT2D eigenvalue weighted by atomic mass is 15.3. The summed E-state index contributed by atoms with van der Waals surface area (Å²) in [6, 6.07) is 10.8. The Bertz CT molecular complexity index is 915. The van der Waals surface area contributed by atoms with Crippen LogP contribution in [-0.2, 0) is 6.54 Å². The van der Waals surface area contributed by atoms with Crippen molar-refractivity contribution in [3.8, 4) is 0 Å². The predicted molar refractivity (Wildman–Crippen MR) is 112 cm³/mol. The summed E-state index contributed by atoms with van der Waals surface area (Å²) in [5, 5.41) is 5.73. The molecule has 1 atom stereocenters. The monoisotopic (exact) mass is 376 g/mol. The number of anilines is 1. The van der Waals surface area contributed by atoms with Gasteiger partial charge >= 0.3 is 0 Å². The normalized spacial score (nSPS) is 20.9. The van der Waals surface area contributed by atoms with E-state index in [1.165, 1.54) is 44.3 Å². The fourth-order valence-electron chi connectivity index (χ4n) is 4.67. The van der Waals surface area contributed by atoms with E-state index in [0.29, 0.717) is 5.92 Å². The Morgan fingerprint density at radius 3 is 2.64 bits per heavy atom. The van der Waals surface area contributed by atoms with Crippen molar-refractivity contribution in [3.63, 3.8) is 0 Å². The zero-order chi connectivity index (χ0) is 18.8. The number of rotatable bonds is 5. The van der Waals surface area contributed by atoms with Crippen molar-refractivity contribution < 1.29 is 0 Å². The summed E-state index contributed by atoms with van der Waals surface area (Å²) in [5.41, 5.74) is 2.39. The zero-order valence-electron chi connectivity index (χ0n) is 16.4. The van der Waals surface area contributed by atoms with Crippen molar-refractivity contribution >= 4 is 16.9 Å². The average Bonchev–Trinajstić information content (AvgIpc) is 3.41. The second-order valence-corrected chi connectivity index (χ2v) is 8.05. The van der Waals surface area contributed by atoms with E-state index in [1.807, 2.05) is 6.20 Å². The van der Waals surface area contributed by atoms with Crippen molar-refractivity contribution in [2.75, 3.05) is 37.6 Å². The third kappa shape index (κ3) is 3.49. The van der Waals surface area contributed by atoms with Gasteiger partial charge in [0.05, 0.1) is 18.1 Å². The number of fused-ring (bicyclic) bond motifs is 1. The lowest BCUT2D eigenvalue weighted by atomic mass is 9.99. The molecule has 146 valence electrons. The first-order valence-corrected chi connectivity index (χ1v) is 10.6. The summed E-state index contributed by atoms with van der Waals surface area (Å²) in [7, 11) is 0. The molecule has 2 aromatic heterocycles. The maximum absolute atomic E-state index is 4.65. The molecule has 2 aliphatic rings. The van der Waals surface area contributed by atoms with Gasteiger partial charge in [-0.25, -0.2) is 14.6 Å². The minimum absolute atomic E-state index is 0.570. The number of hydrogen-bond acceptors (Lipinski definition) is 5. The highest BCUT2D eigenvalue weighted by Gasteiger charge is 2.26. The van der Waals surface area contributed by atoms with Gasteiger partial charge < -0.3 is 9.80 Å². The van der Waals surface area contributed by atoms with E-state index < -0.39 is 0 Å². The van der Waals surface area contributed by atoms with Crippen LogP contribution in [-0.4, -0.2) is 57.4 Å². The fraction of sp³-hybridized carbons (Fsp3) is 0.500. The van der Waals surface area contributed by atoms with E-state index in [2.05, 4.69) is 59.9 Å². The Kier molecular flexibility index (Phi) is 4.95. The summed E-state index contributed by atoms with van der Waals surface area (Å²) in [6.45, 7) is 6.42. The van der Waals surface area contributed by atoms with Gasteiger partial charge in [0, 0.05) is 25.6 Å². The van der Waals surface area contributed by atoms with Crippen LogP contribution in [0.15, 0.2) is 42.9 Å². The largest absolute Gasteiger partial charge is 0.355 e. The molecule has 1 unspecified atom stereocenters. The Hall–Kier alpha value is -2.47. The molecule has 3 aromatic rings. The minimum atomic E-state index is 0.570. The van der Waals surface area contributed by atoms with E-state index in [4.69, 9.17) is 0 Å². The van der Waals surface area contributed by atoms with Gasteiger partial charge in [0.2, 0.25) is 0 Å². The van der Waals surface area contributed by atoms with Crippen LogP contribution in [0.4, 0.5) is 5.82 Å². The SMILES string of the molecule is c1ccc(C2CCN(c3ncnc4c3cnn4CCN3CCCCC3)C2)cc1. The van der Waals surface area contributed by atoms with Crippen LogP contribution >= 0.6 is 0 Å². The molecule has 2 saturated heterocycles. The molecule has 28 heavy (non-hydrogen) atoms. The first kappa shape index (κ1) is 17.6. The summed E-state index contributed by atoms with van der Waals surface area (Å²) in [6.07, 6.45) is 8.84. The molecule has 2 fully saturated rings. The van der Waals surface area contributed by atoms with E-state index in [9.17, 15) is 0 Å². The van der Waals surface area contributed by atoms with Crippen molar-refractivity contribution in [1.29, 1.82) is 0 Å². The molecule has 0 aliphatic carbocycles. The lowest BCUT2D eigenvalue weighted by molar-refractivity contribution is 0.219. The number of nitrogens with zero attached hydrogens (tertiary/aromatic N) is 6. The molecule has 0 bridgehead atoms. The van der Waals surface area contributed by atoms with Gasteiger partial charge in [0.25, 0.3) is 0 Å². The molecule has 0 spiro atoms. The molecule has 0 radical (unpaired) electrons. The molecule has 2 aliphatic heterocycles. The third-order valence-electron chi connectivity index (χ3n) is 6.25. The number of likely N-dealkylation sites (tertiary alicyclic amines) is 1. The third-order valence-corrected chi connectivity index (χ3v) is 6.25. The average molecular weight is 377 g/mol. The molecule has 0 N–H and O–H groups in total. The van der Waals surface area contributed by atoms with Gasteiger partial charge in [-0.2, -0.15) is 5.10 Å². The van der Waals surface area contributed by atoms with Crippen LogP contribution in [0, 0.1) is 0 Å². The fourth-order valence-corrected chi connectivity index (χ4v) is 4.67. The number of hydrogen-bond donors (Lipinski definition) is 0. The standard InChI is InChI=1S/C22H28N6/c1-3-7-18(8-4-1)19-9-12-27(16-19)21-20-15-25-28(22(20)24-17-23-21)14-13-26-10-5-2-6-11-26/h1,3-4,7-8,15,17,19H,2,5-6,9-14,16H2. The summed E-state index contributed by atoms with van der Waals surface area (Å²) in [4.78, 5) is 14.1. The van der Waals surface area contributed by atoms with E-state index in [0.717, 1.165) is 43.0 Å². The maximum atomic E-state index is 4.65. The highest BCUT2D eigenvalue weighted by Crippen LogP contribution is 2.32. The smallest absolute Gasteiger partial charge is 0.163 e. The molecule has 1 aromatic carbocycles. The van der Waals surface area contributed by atoms with E-state index >= 15 is 0 Å². The Morgan fingerprint density at radius 1 is 0.929 bits per heavy atom. The molecular weight excluding hydrogens is 348 g/mol. The van der Waals surface area contributed by atoms with E-state index in [1.54, 1.807) is 6.33 Å². The molecule has 6 heteroatoms. The van der Waals surface area contributed by atoms with E-state index in [-0.39, 0.29) is 0 Å². The summed E-state index contributed by atoms with van der Waals surface area (Å²) >= 11 is 0. The van der Waals surface area contributed by atoms with Crippen molar-refractivity contribution in [2.45, 2.75) is 38.1 Å². The van der Waals surface area contributed by atoms with Crippen molar-refractivity contribution in [2.24, 2.45) is 0 Å². The minimum Gasteiger partial charge on any atom is -0.355 e. The zero-order valence-corrected chi connectivity index (χ0v) is 16.4. The molecule has 0 amide bonds. The van der Waals surface area contributed by atoms with Gasteiger partial charge in [-0.3, -0.25) is 0 Å². The summed E-state index contributed by atoms with van der Waals surface area (Å²) in [5.74, 6) is 1.60.